The molecule has 2 amide bonds. The van der Waals surface area contributed by atoms with E-state index in [4.69, 9.17) is 0 Å². The minimum Gasteiger partial charge on any atom is -0.389 e. The van der Waals surface area contributed by atoms with Crippen molar-refractivity contribution < 1.29 is 14.7 Å². The van der Waals surface area contributed by atoms with E-state index in [-0.39, 0.29) is 36.1 Å². The Labute approximate surface area is 155 Å². The van der Waals surface area contributed by atoms with Crippen LogP contribution in [0.25, 0.3) is 0 Å². The lowest BCUT2D eigenvalue weighted by Gasteiger charge is -2.48. The molecule has 4 rings (SSSR count). The Hall–Kier alpha value is -1.88. The molecule has 1 aliphatic carbocycles. The van der Waals surface area contributed by atoms with Gasteiger partial charge in [-0.15, -0.1) is 0 Å². The van der Waals surface area contributed by atoms with E-state index in [0.29, 0.717) is 19.5 Å². The highest BCUT2D eigenvalue weighted by Crippen LogP contribution is 2.42. The monoisotopic (exact) mass is 356 g/mol. The predicted molar refractivity (Wildman–Crippen MR) is 98.2 cm³/mol. The number of carbonyl (C=O) groups is 2. The van der Waals surface area contributed by atoms with Gasteiger partial charge in [0.1, 0.15) is 0 Å². The summed E-state index contributed by atoms with van der Waals surface area (Å²) >= 11 is 0. The van der Waals surface area contributed by atoms with Crippen molar-refractivity contribution in [3.63, 3.8) is 0 Å². The maximum Gasteiger partial charge on any atom is 0.228 e. The van der Waals surface area contributed by atoms with Crippen molar-refractivity contribution in [2.75, 3.05) is 20.1 Å². The van der Waals surface area contributed by atoms with E-state index in [9.17, 15) is 14.7 Å². The normalized spacial score (nSPS) is 34.7. The van der Waals surface area contributed by atoms with Crippen LogP contribution in [0, 0.1) is 11.8 Å². The summed E-state index contributed by atoms with van der Waals surface area (Å²) in [6, 6.07) is 9.66. The lowest BCUT2D eigenvalue weighted by molar-refractivity contribution is -0.148. The maximum absolute atomic E-state index is 13.3. The first-order chi connectivity index (χ1) is 12.5. The maximum atomic E-state index is 13.3. The summed E-state index contributed by atoms with van der Waals surface area (Å²) in [5, 5.41) is 10.9. The van der Waals surface area contributed by atoms with Gasteiger partial charge in [0.2, 0.25) is 11.8 Å². The first-order valence-electron chi connectivity index (χ1n) is 9.81. The van der Waals surface area contributed by atoms with Crippen LogP contribution in [0.5, 0.6) is 0 Å². The molecule has 0 radical (unpaired) electrons. The molecule has 0 unspecified atom stereocenters. The third kappa shape index (κ3) is 2.92. The van der Waals surface area contributed by atoms with E-state index in [1.807, 2.05) is 35.2 Å². The summed E-state index contributed by atoms with van der Waals surface area (Å²) in [5.41, 5.74) is 0.432. The van der Waals surface area contributed by atoms with Crippen LogP contribution >= 0.6 is 0 Å². The van der Waals surface area contributed by atoms with Crippen LogP contribution in [0.15, 0.2) is 30.3 Å². The van der Waals surface area contributed by atoms with Gasteiger partial charge in [0, 0.05) is 32.5 Å². The number of nitrogens with zero attached hydrogens (tertiary/aromatic N) is 2. The Balaban J connectivity index is 1.54. The topological polar surface area (TPSA) is 60.9 Å². The van der Waals surface area contributed by atoms with Crippen molar-refractivity contribution in [3.05, 3.63) is 35.9 Å². The highest BCUT2D eigenvalue weighted by Gasteiger charge is 2.48. The summed E-state index contributed by atoms with van der Waals surface area (Å²) in [6.07, 6.45) is 5.00. The number of amides is 2. The highest BCUT2D eigenvalue weighted by atomic mass is 16.3. The van der Waals surface area contributed by atoms with E-state index in [1.54, 1.807) is 11.9 Å². The fraction of sp³-hybridized carbons (Fsp3) is 0.619. The van der Waals surface area contributed by atoms with Gasteiger partial charge in [0.15, 0.2) is 0 Å². The molecule has 1 aromatic rings. The van der Waals surface area contributed by atoms with Gasteiger partial charge in [0.05, 0.1) is 17.6 Å². The summed E-state index contributed by atoms with van der Waals surface area (Å²) in [7, 11) is 1.80. The van der Waals surface area contributed by atoms with Crippen molar-refractivity contribution in [2.24, 2.45) is 11.8 Å². The number of fused-ring (bicyclic) bond motifs is 1. The van der Waals surface area contributed by atoms with Crippen molar-refractivity contribution >= 4 is 11.8 Å². The average Bonchev–Trinajstić information content (AvgIpc) is 2.96. The van der Waals surface area contributed by atoms with Gasteiger partial charge in [-0.1, -0.05) is 43.2 Å². The second-order valence-corrected chi connectivity index (χ2v) is 8.25. The molecule has 2 heterocycles. The number of likely N-dealkylation sites (tertiary alicyclic amines) is 2. The number of carbonyl (C=O) groups excluding carboxylic acids is 2. The molecule has 140 valence electrons. The van der Waals surface area contributed by atoms with Gasteiger partial charge in [-0.05, 0) is 24.8 Å². The molecule has 0 bridgehead atoms. The number of hydrogen-bond donors (Lipinski definition) is 1. The van der Waals surface area contributed by atoms with Crippen LogP contribution in [0.1, 0.15) is 50.1 Å². The molecule has 4 atom stereocenters. The van der Waals surface area contributed by atoms with Crippen LogP contribution in [0.3, 0.4) is 0 Å². The summed E-state index contributed by atoms with van der Waals surface area (Å²) in [5.74, 6) is -0.0452. The van der Waals surface area contributed by atoms with Gasteiger partial charge in [-0.3, -0.25) is 9.59 Å². The van der Waals surface area contributed by atoms with Crippen LogP contribution < -0.4 is 0 Å². The molecular formula is C21H28N2O3. The smallest absolute Gasteiger partial charge is 0.228 e. The fourth-order valence-electron chi connectivity index (χ4n) is 5.20. The zero-order valence-electron chi connectivity index (χ0n) is 15.4. The quantitative estimate of drug-likeness (QED) is 0.885. The Bertz CT molecular complexity index is 692. The number of hydrogen-bond acceptors (Lipinski definition) is 3. The Morgan fingerprint density at radius 3 is 2.73 bits per heavy atom. The minimum atomic E-state index is -0.587. The standard InChI is InChI=1S/C21H28N2O3/c1-22-18(24)13-17(19(22)15-7-3-2-4-8-15)20(25)23-12-11-21(26)10-6-5-9-16(21)14-23/h2-4,7-8,16-17,19,26H,5-6,9-14H2,1H3/t16-,17-,19+,21-/m0/s1. The summed E-state index contributed by atoms with van der Waals surface area (Å²) < 4.78 is 0. The van der Waals surface area contributed by atoms with Gasteiger partial charge >= 0.3 is 0 Å². The Morgan fingerprint density at radius 2 is 1.96 bits per heavy atom. The molecule has 1 N–H and O–H groups in total. The Morgan fingerprint density at radius 1 is 1.19 bits per heavy atom. The van der Waals surface area contributed by atoms with Gasteiger partial charge in [-0.2, -0.15) is 0 Å². The predicted octanol–water partition coefficient (Wildman–Crippen LogP) is 2.36. The molecule has 0 aromatic heterocycles. The molecule has 2 saturated heterocycles. The molecule has 5 heteroatoms. The molecular weight excluding hydrogens is 328 g/mol. The SMILES string of the molecule is CN1C(=O)C[C@H](C(=O)N2CC[C@@]3(O)CCCC[C@H]3C2)[C@H]1c1ccccc1. The second kappa shape index (κ2) is 6.69. The van der Waals surface area contributed by atoms with Crippen LogP contribution in [0.2, 0.25) is 0 Å². The number of piperidine rings is 1. The lowest BCUT2D eigenvalue weighted by Crippen LogP contribution is -2.55. The van der Waals surface area contributed by atoms with E-state index in [2.05, 4.69) is 0 Å². The van der Waals surface area contributed by atoms with Crippen molar-refractivity contribution in [1.29, 1.82) is 0 Å². The number of benzene rings is 1. The van der Waals surface area contributed by atoms with Crippen molar-refractivity contribution in [2.45, 2.75) is 50.2 Å². The third-order valence-corrected chi connectivity index (χ3v) is 6.78. The van der Waals surface area contributed by atoms with Crippen LogP contribution in [0.4, 0.5) is 0 Å². The number of rotatable bonds is 2. The van der Waals surface area contributed by atoms with Gasteiger partial charge in [0.25, 0.3) is 0 Å². The molecule has 2 aliphatic heterocycles. The van der Waals surface area contributed by atoms with E-state index < -0.39 is 5.60 Å². The highest BCUT2D eigenvalue weighted by molar-refractivity contribution is 5.90. The fourth-order valence-corrected chi connectivity index (χ4v) is 5.20. The van der Waals surface area contributed by atoms with Gasteiger partial charge in [-0.25, -0.2) is 0 Å². The van der Waals surface area contributed by atoms with Crippen LogP contribution in [-0.4, -0.2) is 52.5 Å². The van der Waals surface area contributed by atoms with Gasteiger partial charge < -0.3 is 14.9 Å². The van der Waals surface area contributed by atoms with Crippen molar-refractivity contribution in [1.82, 2.24) is 9.80 Å². The Kier molecular flexibility index (Phi) is 4.51. The summed E-state index contributed by atoms with van der Waals surface area (Å²) in [6.45, 7) is 1.23. The first-order valence-corrected chi connectivity index (χ1v) is 9.81. The van der Waals surface area contributed by atoms with E-state index in [1.165, 1.54) is 0 Å². The minimum absolute atomic E-state index is 0.0309. The van der Waals surface area contributed by atoms with E-state index in [0.717, 1.165) is 31.2 Å². The van der Waals surface area contributed by atoms with Crippen LogP contribution in [-0.2, 0) is 9.59 Å². The summed E-state index contributed by atoms with van der Waals surface area (Å²) in [4.78, 5) is 29.3. The average molecular weight is 356 g/mol. The molecule has 3 aliphatic rings. The molecule has 1 saturated carbocycles. The van der Waals surface area contributed by atoms with Crippen molar-refractivity contribution in [3.8, 4) is 0 Å². The third-order valence-electron chi connectivity index (χ3n) is 6.78. The first kappa shape index (κ1) is 17.5. The zero-order chi connectivity index (χ0) is 18.3. The largest absolute Gasteiger partial charge is 0.389 e. The molecule has 0 spiro atoms. The van der Waals surface area contributed by atoms with E-state index >= 15 is 0 Å². The molecule has 26 heavy (non-hydrogen) atoms. The zero-order valence-corrected chi connectivity index (χ0v) is 15.4. The number of aliphatic hydroxyl groups is 1. The molecule has 3 fully saturated rings. The molecule has 5 nitrogen and oxygen atoms in total. The second-order valence-electron chi connectivity index (χ2n) is 8.25. The molecule has 1 aromatic carbocycles. The lowest BCUT2D eigenvalue weighted by atomic mass is 9.71.